The summed E-state index contributed by atoms with van der Waals surface area (Å²) in [6, 6.07) is 6.06. The molecule has 3 aromatic rings. The number of hydrogen-bond donors (Lipinski definition) is 3. The lowest BCUT2D eigenvalue weighted by Crippen LogP contribution is -2.60. The Morgan fingerprint density at radius 3 is 2.20 bits per heavy atom. The second-order valence-corrected chi connectivity index (χ2v) is 23.2. The zero-order valence-electron chi connectivity index (χ0n) is 35.0. The first-order chi connectivity index (χ1) is 29.0. The first kappa shape index (κ1) is 45.9. The van der Waals surface area contributed by atoms with Crippen LogP contribution in [-0.4, -0.2) is 127 Å². The van der Waals surface area contributed by atoms with Crippen molar-refractivity contribution in [1.29, 1.82) is 0 Å². The van der Waals surface area contributed by atoms with Gasteiger partial charge in [0.05, 0.1) is 60.7 Å². The van der Waals surface area contributed by atoms with E-state index >= 15 is 0 Å². The quantitative estimate of drug-likeness (QED) is 0.109. The number of thiophene rings is 1. The third-order valence-corrected chi connectivity index (χ3v) is 17.6. The summed E-state index contributed by atoms with van der Waals surface area (Å²) < 4.78 is 28.7. The molecule has 61 heavy (non-hydrogen) atoms. The number of aromatic nitrogens is 2. The molecule has 5 atom stereocenters. The van der Waals surface area contributed by atoms with Crippen LogP contribution in [0.1, 0.15) is 81.1 Å². The summed E-state index contributed by atoms with van der Waals surface area (Å²) in [5.74, 6) is 0.621. The lowest BCUT2D eigenvalue weighted by atomic mass is 9.97. The summed E-state index contributed by atoms with van der Waals surface area (Å²) in [6.45, 7) is 6.95. The number of aliphatic hydroxyl groups excluding tert-OH is 2. The Morgan fingerprint density at radius 1 is 0.918 bits per heavy atom. The molecule has 3 saturated heterocycles. The first-order valence-corrected chi connectivity index (χ1v) is 25.4. The lowest BCUT2D eigenvalue weighted by Gasteiger charge is -2.43. The van der Waals surface area contributed by atoms with Gasteiger partial charge in [-0.25, -0.2) is 4.98 Å². The van der Waals surface area contributed by atoms with Gasteiger partial charge in [-0.1, -0.05) is 29.6 Å². The number of carbonyl (C=O) groups excluding carboxylic acids is 5. The van der Waals surface area contributed by atoms with E-state index in [-0.39, 0.29) is 84.1 Å². The van der Waals surface area contributed by atoms with Crippen LogP contribution in [0, 0.1) is 22.7 Å². The molecule has 1 aliphatic carbocycles. The summed E-state index contributed by atoms with van der Waals surface area (Å²) in [4.78, 5) is 75.3. The smallest absolute Gasteiger partial charge is 0.335 e. The van der Waals surface area contributed by atoms with Crippen LogP contribution in [0.5, 0.6) is 0 Å². The molecule has 1 saturated carbocycles. The van der Waals surface area contributed by atoms with E-state index in [4.69, 9.17) is 9.05 Å². The Labute approximate surface area is 368 Å². The average Bonchev–Trinajstić information content (AvgIpc) is 3.60. The SMILES string of the molecule is CC(C)(CO)C(=O)SCCOP(=O)(Cc1ccc2sc(C(=O)N[C@H]3C[C@@H]4C[C@@H]4C[C@H]4CC[C@@H](C(=O)N5CC(n6ccnc6)C5)N4C3=O)cc2c1)OCCSC(=O)C(C)(C)CO. The number of thioether (sulfide) groups is 2. The fourth-order valence-electron chi connectivity index (χ4n) is 8.18. The fraction of sp³-hybridized carbons (Fsp3) is 0.619. The van der Waals surface area contributed by atoms with Gasteiger partial charge in [0.2, 0.25) is 11.8 Å². The molecule has 3 aliphatic heterocycles. The van der Waals surface area contributed by atoms with Crippen LogP contribution in [0.25, 0.3) is 10.1 Å². The molecule has 3 amide bonds. The van der Waals surface area contributed by atoms with Crippen molar-refractivity contribution < 1.29 is 47.8 Å². The highest BCUT2D eigenvalue weighted by molar-refractivity contribution is 8.14. The van der Waals surface area contributed by atoms with E-state index < -0.39 is 30.5 Å². The monoisotopic (exact) mass is 917 g/mol. The van der Waals surface area contributed by atoms with E-state index in [9.17, 15) is 38.8 Å². The van der Waals surface area contributed by atoms with Gasteiger partial charge in [0.15, 0.2) is 10.2 Å². The van der Waals surface area contributed by atoms with Gasteiger partial charge in [0.1, 0.15) is 12.1 Å². The van der Waals surface area contributed by atoms with Crippen LogP contribution in [0.2, 0.25) is 0 Å². The summed E-state index contributed by atoms with van der Waals surface area (Å²) in [5.41, 5.74) is -1.25. The standard InChI is InChI=1S/C42H56N5O10PS3/c1-41(2,23-48)39(53)59-13-11-56-58(55,57-12-14-60-40(54)42(3,4)24-49)22-26-5-8-34-29(15-26)19-35(61-34)36(50)44-32-18-28-16-27(28)17-30-6-7-33(47(30)37(32)51)38(52)46-20-31(21-46)45-10-9-43-25-45/h5,8-10,15,19,25,27-28,30-33,48-49H,6-7,11-14,16-18,20-24H2,1-4H3,(H,44,50)/t27-,28+,30-,32+,33+/m1/s1. The van der Waals surface area contributed by atoms with Crippen molar-refractivity contribution in [3.05, 3.63) is 53.4 Å². The average molecular weight is 918 g/mol. The summed E-state index contributed by atoms with van der Waals surface area (Å²) in [6.07, 6.45) is 9.10. The normalized spacial score (nSPS) is 23.2. The highest BCUT2D eigenvalue weighted by atomic mass is 32.2. The molecule has 0 bridgehead atoms. The van der Waals surface area contributed by atoms with Crippen molar-refractivity contribution in [2.45, 2.75) is 90.1 Å². The molecule has 332 valence electrons. The van der Waals surface area contributed by atoms with Gasteiger partial charge in [-0.2, -0.15) is 0 Å². The molecule has 1 aromatic carbocycles. The molecule has 0 spiro atoms. The lowest BCUT2D eigenvalue weighted by molar-refractivity contribution is -0.150. The number of likely N-dealkylation sites (tertiary alicyclic amines) is 1. The van der Waals surface area contributed by atoms with E-state index in [1.165, 1.54) is 11.3 Å². The van der Waals surface area contributed by atoms with Crippen LogP contribution < -0.4 is 5.32 Å². The van der Waals surface area contributed by atoms with Gasteiger partial charge in [-0.3, -0.25) is 28.5 Å². The van der Waals surface area contributed by atoms with E-state index in [1.807, 2.05) is 27.8 Å². The van der Waals surface area contributed by atoms with E-state index in [1.54, 1.807) is 57.3 Å². The number of nitrogens with zero attached hydrogens (tertiary/aromatic N) is 4. The van der Waals surface area contributed by atoms with E-state index in [0.717, 1.165) is 52.9 Å². The van der Waals surface area contributed by atoms with Gasteiger partial charge in [-0.05, 0) is 101 Å². The molecule has 0 unspecified atom stereocenters. The fourth-order valence-corrected chi connectivity index (χ4v) is 12.6. The number of fused-ring (bicyclic) bond motifs is 3. The summed E-state index contributed by atoms with van der Waals surface area (Å²) >= 11 is 3.23. The maximum Gasteiger partial charge on any atom is 0.335 e. The largest absolute Gasteiger partial charge is 0.395 e. The van der Waals surface area contributed by atoms with Gasteiger partial charge in [0.25, 0.3) is 5.91 Å². The van der Waals surface area contributed by atoms with Crippen molar-refractivity contribution in [2.75, 3.05) is 51.0 Å². The molecule has 4 aliphatic rings. The van der Waals surface area contributed by atoms with E-state index in [2.05, 4.69) is 10.3 Å². The van der Waals surface area contributed by atoms with Gasteiger partial charge in [-0.15, -0.1) is 11.3 Å². The Kier molecular flexibility index (Phi) is 14.3. The van der Waals surface area contributed by atoms with Crippen molar-refractivity contribution in [2.24, 2.45) is 22.7 Å². The molecular formula is C42H56N5O10PS3. The molecule has 7 rings (SSSR count). The Hall–Kier alpha value is -3.09. The van der Waals surface area contributed by atoms with Crippen LogP contribution in [0.4, 0.5) is 0 Å². The van der Waals surface area contributed by atoms with Gasteiger partial charge < -0.3 is 38.9 Å². The number of aliphatic hydroxyl groups is 2. The number of amides is 3. The second-order valence-electron chi connectivity index (χ2n) is 17.9. The number of hydrogen-bond acceptors (Lipinski definition) is 14. The molecule has 3 N–H and O–H groups in total. The molecule has 2 aromatic heterocycles. The second kappa shape index (κ2) is 18.9. The number of rotatable bonds is 18. The Bertz CT molecular complexity index is 2120. The zero-order chi connectivity index (χ0) is 43.7. The minimum absolute atomic E-state index is 0.0205. The molecule has 0 radical (unpaired) electrons. The maximum absolute atomic E-state index is 14.4. The van der Waals surface area contributed by atoms with Crippen LogP contribution in [0.15, 0.2) is 43.0 Å². The van der Waals surface area contributed by atoms with E-state index in [0.29, 0.717) is 48.2 Å². The van der Waals surface area contributed by atoms with Crippen LogP contribution in [0.3, 0.4) is 0 Å². The molecule has 4 fully saturated rings. The minimum atomic E-state index is -3.82. The number of nitrogens with one attached hydrogen (secondary N) is 1. The van der Waals surface area contributed by atoms with Gasteiger partial charge >= 0.3 is 7.60 Å². The van der Waals surface area contributed by atoms with Crippen molar-refractivity contribution in [1.82, 2.24) is 24.7 Å². The highest BCUT2D eigenvalue weighted by Crippen LogP contribution is 2.52. The third-order valence-electron chi connectivity index (χ3n) is 12.2. The van der Waals surface area contributed by atoms with Gasteiger partial charge in [0, 0.05) is 47.7 Å². The Morgan fingerprint density at radius 2 is 1.57 bits per heavy atom. The van der Waals surface area contributed by atoms with Crippen LogP contribution in [-0.2, 0) is 39.0 Å². The van der Waals surface area contributed by atoms with Crippen molar-refractivity contribution >= 4 is 80.5 Å². The van der Waals surface area contributed by atoms with Crippen molar-refractivity contribution in [3.63, 3.8) is 0 Å². The summed E-state index contributed by atoms with van der Waals surface area (Å²) in [7, 11) is -3.82. The number of benzene rings is 1. The predicted octanol–water partition coefficient (Wildman–Crippen LogP) is 5.35. The van der Waals surface area contributed by atoms with Crippen LogP contribution >= 0.6 is 42.5 Å². The predicted molar refractivity (Wildman–Crippen MR) is 235 cm³/mol. The summed E-state index contributed by atoms with van der Waals surface area (Å²) in [5, 5.41) is 22.4. The number of imidazole rings is 1. The minimum Gasteiger partial charge on any atom is -0.395 e. The number of carbonyl (C=O) groups is 5. The van der Waals surface area contributed by atoms with Crippen molar-refractivity contribution in [3.8, 4) is 0 Å². The Balaban J connectivity index is 1.00. The highest BCUT2D eigenvalue weighted by Gasteiger charge is 2.52. The molecule has 19 heteroatoms. The maximum atomic E-state index is 14.4. The molecular weight excluding hydrogens is 862 g/mol. The zero-order valence-corrected chi connectivity index (χ0v) is 38.4. The molecule has 15 nitrogen and oxygen atoms in total. The third kappa shape index (κ3) is 10.7. The molecule has 5 heterocycles. The first-order valence-electron chi connectivity index (χ1n) is 20.9. The topological polar surface area (TPSA) is 198 Å².